The molecular formula is C8H18N2O. The summed E-state index contributed by atoms with van der Waals surface area (Å²) in [5.74, 6) is 0. The molecule has 3 heteroatoms. The number of hydrogen-bond acceptors (Lipinski definition) is 3. The van der Waals surface area contributed by atoms with Crippen LogP contribution in [0, 0.1) is 0 Å². The van der Waals surface area contributed by atoms with Crippen molar-refractivity contribution in [3.63, 3.8) is 0 Å². The van der Waals surface area contributed by atoms with Crippen LogP contribution in [0.2, 0.25) is 0 Å². The normalized spacial score (nSPS) is 29.7. The van der Waals surface area contributed by atoms with E-state index in [1.807, 2.05) is 11.9 Å². The Morgan fingerprint density at radius 1 is 1.36 bits per heavy atom. The second-order valence-electron chi connectivity index (χ2n) is 3.51. The lowest BCUT2D eigenvalue weighted by Crippen LogP contribution is -2.54. The summed E-state index contributed by atoms with van der Waals surface area (Å²) in [6.45, 7) is 6.25. The van der Waals surface area contributed by atoms with Crippen LogP contribution in [-0.2, 0) is 0 Å². The van der Waals surface area contributed by atoms with Gasteiger partial charge in [-0.05, 0) is 27.3 Å². The Hall–Kier alpha value is -0.120. The SMILES string of the molecule is CC(C)N1CCCN(C)C1O. The number of rotatable bonds is 1. The molecule has 1 aliphatic rings. The zero-order valence-corrected chi connectivity index (χ0v) is 7.62. The first kappa shape index (κ1) is 8.97. The molecule has 0 aromatic rings. The lowest BCUT2D eigenvalue weighted by atomic mass is 10.2. The first-order chi connectivity index (χ1) is 5.13. The minimum Gasteiger partial charge on any atom is -0.365 e. The van der Waals surface area contributed by atoms with E-state index in [0.717, 1.165) is 19.5 Å². The van der Waals surface area contributed by atoms with E-state index in [4.69, 9.17) is 0 Å². The average Bonchev–Trinajstić information content (AvgIpc) is 1.94. The number of aliphatic hydroxyl groups excluding tert-OH is 1. The highest BCUT2D eigenvalue weighted by Crippen LogP contribution is 2.12. The molecule has 1 atom stereocenters. The van der Waals surface area contributed by atoms with Crippen molar-refractivity contribution >= 4 is 0 Å². The van der Waals surface area contributed by atoms with Gasteiger partial charge >= 0.3 is 0 Å². The molecule has 1 rings (SSSR count). The smallest absolute Gasteiger partial charge is 0.165 e. The number of aliphatic hydroxyl groups is 1. The largest absolute Gasteiger partial charge is 0.365 e. The van der Waals surface area contributed by atoms with Crippen LogP contribution in [0.3, 0.4) is 0 Å². The van der Waals surface area contributed by atoms with Crippen LogP contribution < -0.4 is 0 Å². The molecule has 0 bridgehead atoms. The third kappa shape index (κ3) is 1.92. The molecular weight excluding hydrogens is 140 g/mol. The molecule has 0 aromatic heterocycles. The quantitative estimate of drug-likeness (QED) is 0.595. The molecule has 1 N–H and O–H groups in total. The highest BCUT2D eigenvalue weighted by molar-refractivity contribution is 4.71. The van der Waals surface area contributed by atoms with Crippen LogP contribution in [0.5, 0.6) is 0 Å². The molecule has 0 radical (unpaired) electrons. The summed E-state index contributed by atoms with van der Waals surface area (Å²) in [5, 5.41) is 9.66. The Kier molecular flexibility index (Phi) is 2.87. The topological polar surface area (TPSA) is 26.7 Å². The summed E-state index contributed by atoms with van der Waals surface area (Å²) < 4.78 is 0. The van der Waals surface area contributed by atoms with E-state index in [-0.39, 0.29) is 6.35 Å². The number of hydrogen-bond donors (Lipinski definition) is 1. The predicted octanol–water partition coefficient (Wildman–Crippen LogP) is 0.308. The van der Waals surface area contributed by atoms with Gasteiger partial charge in [0.2, 0.25) is 0 Å². The van der Waals surface area contributed by atoms with Gasteiger partial charge in [0.05, 0.1) is 0 Å². The summed E-state index contributed by atoms with van der Waals surface area (Å²) in [6, 6.07) is 0.438. The fraction of sp³-hybridized carbons (Fsp3) is 1.00. The molecule has 66 valence electrons. The fourth-order valence-corrected chi connectivity index (χ4v) is 1.51. The van der Waals surface area contributed by atoms with Crippen molar-refractivity contribution in [3.05, 3.63) is 0 Å². The molecule has 1 aliphatic heterocycles. The molecule has 0 amide bonds. The summed E-state index contributed by atoms with van der Waals surface area (Å²) in [6.07, 6.45) is 0.787. The molecule has 0 aliphatic carbocycles. The standard InChI is InChI=1S/C8H18N2O/c1-7(2)10-6-4-5-9(3)8(10)11/h7-8,11H,4-6H2,1-3H3. The summed E-state index contributed by atoms with van der Waals surface area (Å²) in [4.78, 5) is 4.08. The lowest BCUT2D eigenvalue weighted by molar-refractivity contribution is -0.136. The van der Waals surface area contributed by atoms with Crippen molar-refractivity contribution in [2.45, 2.75) is 32.7 Å². The maximum Gasteiger partial charge on any atom is 0.165 e. The first-order valence-electron chi connectivity index (χ1n) is 4.27. The Labute approximate surface area is 68.6 Å². The van der Waals surface area contributed by atoms with Gasteiger partial charge in [-0.1, -0.05) is 0 Å². The van der Waals surface area contributed by atoms with E-state index >= 15 is 0 Å². The van der Waals surface area contributed by atoms with Crippen LogP contribution in [0.25, 0.3) is 0 Å². The van der Waals surface area contributed by atoms with Crippen LogP contribution in [-0.4, -0.2) is 47.4 Å². The highest BCUT2D eigenvalue weighted by Gasteiger charge is 2.25. The van der Waals surface area contributed by atoms with E-state index in [0.29, 0.717) is 6.04 Å². The van der Waals surface area contributed by atoms with Crippen LogP contribution in [0.15, 0.2) is 0 Å². The van der Waals surface area contributed by atoms with E-state index in [9.17, 15) is 5.11 Å². The fourth-order valence-electron chi connectivity index (χ4n) is 1.51. The third-order valence-electron chi connectivity index (χ3n) is 2.28. The zero-order valence-electron chi connectivity index (χ0n) is 7.62. The lowest BCUT2D eigenvalue weighted by Gasteiger charge is -2.40. The van der Waals surface area contributed by atoms with Crippen molar-refractivity contribution in [3.8, 4) is 0 Å². The van der Waals surface area contributed by atoms with E-state index in [1.165, 1.54) is 0 Å². The van der Waals surface area contributed by atoms with Gasteiger partial charge < -0.3 is 5.11 Å². The van der Waals surface area contributed by atoms with E-state index in [2.05, 4.69) is 18.7 Å². The predicted molar refractivity (Wildman–Crippen MR) is 45.1 cm³/mol. The van der Waals surface area contributed by atoms with Crippen LogP contribution >= 0.6 is 0 Å². The third-order valence-corrected chi connectivity index (χ3v) is 2.28. The van der Waals surface area contributed by atoms with Gasteiger partial charge in [-0.2, -0.15) is 0 Å². The molecule has 1 unspecified atom stereocenters. The van der Waals surface area contributed by atoms with Crippen LogP contribution in [0.4, 0.5) is 0 Å². The van der Waals surface area contributed by atoms with E-state index in [1.54, 1.807) is 0 Å². The summed E-state index contributed by atoms with van der Waals surface area (Å²) in [5.41, 5.74) is 0. The van der Waals surface area contributed by atoms with Gasteiger partial charge in [0.25, 0.3) is 0 Å². The monoisotopic (exact) mass is 158 g/mol. The minimum absolute atomic E-state index is 0.372. The van der Waals surface area contributed by atoms with Crippen molar-refractivity contribution in [2.24, 2.45) is 0 Å². The average molecular weight is 158 g/mol. The molecule has 3 nitrogen and oxygen atoms in total. The summed E-state index contributed by atoms with van der Waals surface area (Å²) >= 11 is 0. The van der Waals surface area contributed by atoms with Crippen molar-refractivity contribution in [1.29, 1.82) is 0 Å². The molecule has 1 heterocycles. The Balaban J connectivity index is 2.51. The Bertz CT molecular complexity index is 127. The Morgan fingerprint density at radius 2 is 2.00 bits per heavy atom. The maximum absolute atomic E-state index is 9.66. The van der Waals surface area contributed by atoms with Gasteiger partial charge in [0, 0.05) is 19.1 Å². The van der Waals surface area contributed by atoms with Gasteiger partial charge in [-0.3, -0.25) is 9.80 Å². The minimum atomic E-state index is -0.372. The van der Waals surface area contributed by atoms with Gasteiger partial charge in [0.15, 0.2) is 6.35 Å². The second kappa shape index (κ2) is 3.52. The Morgan fingerprint density at radius 3 is 2.45 bits per heavy atom. The van der Waals surface area contributed by atoms with Gasteiger partial charge in [0.1, 0.15) is 0 Å². The molecule has 1 saturated heterocycles. The van der Waals surface area contributed by atoms with Gasteiger partial charge in [-0.25, -0.2) is 0 Å². The summed E-state index contributed by atoms with van der Waals surface area (Å²) in [7, 11) is 1.96. The van der Waals surface area contributed by atoms with Crippen LogP contribution in [0.1, 0.15) is 20.3 Å². The molecule has 0 aromatic carbocycles. The molecule has 0 spiro atoms. The van der Waals surface area contributed by atoms with Crippen molar-refractivity contribution in [2.75, 3.05) is 20.1 Å². The molecule has 11 heavy (non-hydrogen) atoms. The second-order valence-corrected chi connectivity index (χ2v) is 3.51. The van der Waals surface area contributed by atoms with Gasteiger partial charge in [-0.15, -0.1) is 0 Å². The maximum atomic E-state index is 9.66. The molecule has 1 fully saturated rings. The zero-order chi connectivity index (χ0) is 8.43. The van der Waals surface area contributed by atoms with E-state index < -0.39 is 0 Å². The molecule has 0 saturated carbocycles. The number of nitrogens with zero attached hydrogens (tertiary/aromatic N) is 2. The van der Waals surface area contributed by atoms with Crippen molar-refractivity contribution in [1.82, 2.24) is 9.80 Å². The highest BCUT2D eigenvalue weighted by atomic mass is 16.3. The van der Waals surface area contributed by atoms with Crippen molar-refractivity contribution < 1.29 is 5.11 Å². The first-order valence-corrected chi connectivity index (χ1v) is 4.27.